The summed E-state index contributed by atoms with van der Waals surface area (Å²) >= 11 is 0. The standard InChI is InChI=1S/C6H7NO2/c1-2-4-3-5(4)6(8)7-9/h2,4-5H,1,3H2/t4-,5+/m1/s1. The molecule has 0 unspecified atom stereocenters. The summed E-state index contributed by atoms with van der Waals surface area (Å²) in [6.45, 7) is 3.49. The molecule has 9 heavy (non-hydrogen) atoms. The van der Waals surface area contributed by atoms with E-state index in [9.17, 15) is 9.70 Å². The van der Waals surface area contributed by atoms with E-state index in [0.717, 1.165) is 6.42 Å². The summed E-state index contributed by atoms with van der Waals surface area (Å²) in [7, 11) is 0. The monoisotopic (exact) mass is 125 g/mol. The highest BCUT2D eigenvalue weighted by atomic mass is 16.3. The first-order chi connectivity index (χ1) is 4.29. The third kappa shape index (κ3) is 1.04. The molecular formula is C6H7NO2. The van der Waals surface area contributed by atoms with Gasteiger partial charge in [0.1, 0.15) is 0 Å². The molecule has 1 fully saturated rings. The van der Waals surface area contributed by atoms with Crippen LogP contribution in [0, 0.1) is 16.7 Å². The molecule has 0 spiro atoms. The van der Waals surface area contributed by atoms with E-state index in [-0.39, 0.29) is 11.8 Å². The Labute approximate surface area is 52.7 Å². The van der Waals surface area contributed by atoms with Crippen LogP contribution >= 0.6 is 0 Å². The molecule has 0 aromatic carbocycles. The highest BCUT2D eigenvalue weighted by molar-refractivity contribution is 5.82. The first-order valence-electron chi connectivity index (χ1n) is 2.79. The number of carbonyl (C=O) groups is 1. The maximum absolute atomic E-state index is 10.4. The van der Waals surface area contributed by atoms with Crippen molar-refractivity contribution in [2.45, 2.75) is 6.42 Å². The van der Waals surface area contributed by atoms with Gasteiger partial charge in [-0.05, 0) is 12.3 Å². The zero-order valence-corrected chi connectivity index (χ0v) is 4.91. The van der Waals surface area contributed by atoms with Crippen LogP contribution in [-0.2, 0) is 4.79 Å². The molecule has 0 aliphatic heterocycles. The van der Waals surface area contributed by atoms with Crippen molar-refractivity contribution >= 4 is 5.91 Å². The summed E-state index contributed by atoms with van der Waals surface area (Å²) < 4.78 is 0. The van der Waals surface area contributed by atoms with E-state index < -0.39 is 5.91 Å². The number of rotatable bonds is 2. The summed E-state index contributed by atoms with van der Waals surface area (Å²) in [4.78, 5) is 20.0. The van der Waals surface area contributed by atoms with Crippen molar-refractivity contribution in [1.82, 2.24) is 0 Å². The van der Waals surface area contributed by atoms with Crippen molar-refractivity contribution in [2.24, 2.45) is 17.0 Å². The van der Waals surface area contributed by atoms with E-state index in [1.165, 1.54) is 0 Å². The Morgan fingerprint density at radius 2 is 2.44 bits per heavy atom. The second kappa shape index (κ2) is 2.09. The molecule has 48 valence electrons. The molecule has 0 aromatic heterocycles. The van der Waals surface area contributed by atoms with Crippen molar-refractivity contribution in [3.63, 3.8) is 0 Å². The average Bonchev–Trinajstić information content (AvgIpc) is 2.64. The lowest BCUT2D eigenvalue weighted by Crippen LogP contribution is -1.94. The van der Waals surface area contributed by atoms with E-state index in [1.54, 1.807) is 6.08 Å². The van der Waals surface area contributed by atoms with E-state index in [2.05, 4.69) is 11.8 Å². The SMILES string of the molecule is C=C[C@@H]1C[C@@H]1C(=O)N=O. The Hall–Kier alpha value is -0.990. The van der Waals surface area contributed by atoms with Crippen molar-refractivity contribution < 1.29 is 4.79 Å². The van der Waals surface area contributed by atoms with Crippen molar-refractivity contribution in [3.05, 3.63) is 17.6 Å². The Morgan fingerprint density at radius 1 is 1.78 bits per heavy atom. The van der Waals surface area contributed by atoms with Crippen LogP contribution in [0.15, 0.2) is 17.8 Å². The van der Waals surface area contributed by atoms with Crippen molar-refractivity contribution in [2.75, 3.05) is 0 Å². The Balaban J connectivity index is 2.41. The highest BCUT2D eigenvalue weighted by Crippen LogP contribution is 2.39. The van der Waals surface area contributed by atoms with Gasteiger partial charge in [-0.2, -0.15) is 0 Å². The minimum absolute atomic E-state index is 0.139. The van der Waals surface area contributed by atoms with Gasteiger partial charge in [0.05, 0.1) is 5.92 Å². The third-order valence-corrected chi connectivity index (χ3v) is 1.55. The van der Waals surface area contributed by atoms with Gasteiger partial charge < -0.3 is 0 Å². The zero-order valence-electron chi connectivity index (χ0n) is 4.91. The third-order valence-electron chi connectivity index (χ3n) is 1.55. The number of nitroso groups, excluding NO2 is 1. The summed E-state index contributed by atoms with van der Waals surface area (Å²) in [5.41, 5.74) is 0. The van der Waals surface area contributed by atoms with Crippen LogP contribution in [0.25, 0.3) is 0 Å². The molecule has 0 bridgehead atoms. The van der Waals surface area contributed by atoms with Gasteiger partial charge in [0.15, 0.2) is 0 Å². The number of carbonyl (C=O) groups excluding carboxylic acids is 1. The van der Waals surface area contributed by atoms with Gasteiger partial charge in [-0.15, -0.1) is 11.5 Å². The predicted octanol–water partition coefficient (Wildman–Crippen LogP) is 1.10. The predicted molar refractivity (Wildman–Crippen MR) is 32.6 cm³/mol. The number of hydrogen-bond acceptors (Lipinski definition) is 2. The van der Waals surface area contributed by atoms with Crippen LogP contribution in [0.1, 0.15) is 6.42 Å². The van der Waals surface area contributed by atoms with Gasteiger partial charge >= 0.3 is 0 Å². The normalized spacial score (nSPS) is 31.1. The quantitative estimate of drug-likeness (QED) is 0.409. The van der Waals surface area contributed by atoms with Gasteiger partial charge in [-0.25, -0.2) is 0 Å². The Kier molecular flexibility index (Phi) is 1.42. The van der Waals surface area contributed by atoms with Crippen LogP contribution < -0.4 is 0 Å². The molecule has 1 saturated carbocycles. The summed E-state index contributed by atoms with van der Waals surface area (Å²) in [5.74, 6) is -0.449. The van der Waals surface area contributed by atoms with Gasteiger partial charge in [-0.1, -0.05) is 6.08 Å². The molecule has 0 heterocycles. The van der Waals surface area contributed by atoms with Gasteiger partial charge in [-0.3, -0.25) is 4.79 Å². The second-order valence-electron chi connectivity index (χ2n) is 2.17. The van der Waals surface area contributed by atoms with Gasteiger partial charge in [0.25, 0.3) is 5.91 Å². The molecular weight excluding hydrogens is 118 g/mol. The summed E-state index contributed by atoms with van der Waals surface area (Å²) in [6, 6.07) is 0. The molecule has 0 saturated heterocycles. The molecule has 1 amide bonds. The van der Waals surface area contributed by atoms with Crippen LogP contribution in [0.4, 0.5) is 0 Å². The molecule has 0 radical (unpaired) electrons. The number of hydrogen-bond donors (Lipinski definition) is 0. The van der Waals surface area contributed by atoms with Crippen LogP contribution in [0.5, 0.6) is 0 Å². The van der Waals surface area contributed by atoms with Gasteiger partial charge in [0.2, 0.25) is 0 Å². The van der Waals surface area contributed by atoms with E-state index in [0.29, 0.717) is 0 Å². The zero-order chi connectivity index (χ0) is 6.85. The lowest BCUT2D eigenvalue weighted by molar-refractivity contribution is -0.119. The first-order valence-corrected chi connectivity index (χ1v) is 2.79. The van der Waals surface area contributed by atoms with Crippen LogP contribution in [0.3, 0.4) is 0 Å². The molecule has 0 aromatic rings. The fraction of sp³-hybridized carbons (Fsp3) is 0.500. The fourth-order valence-corrected chi connectivity index (χ4v) is 0.827. The number of allylic oxidation sites excluding steroid dienone is 1. The summed E-state index contributed by atoms with van der Waals surface area (Å²) in [5, 5.41) is 2.31. The van der Waals surface area contributed by atoms with Gasteiger partial charge in [0, 0.05) is 5.18 Å². The maximum atomic E-state index is 10.4. The molecule has 2 atom stereocenters. The smallest absolute Gasteiger partial charge is 0.269 e. The molecule has 0 N–H and O–H groups in total. The van der Waals surface area contributed by atoms with E-state index >= 15 is 0 Å². The average molecular weight is 125 g/mol. The van der Waals surface area contributed by atoms with E-state index in [1.807, 2.05) is 0 Å². The van der Waals surface area contributed by atoms with E-state index in [4.69, 9.17) is 0 Å². The fourth-order valence-electron chi connectivity index (χ4n) is 0.827. The Bertz CT molecular complexity index is 164. The van der Waals surface area contributed by atoms with Crippen LogP contribution in [0.2, 0.25) is 0 Å². The van der Waals surface area contributed by atoms with Crippen molar-refractivity contribution in [1.29, 1.82) is 0 Å². The topological polar surface area (TPSA) is 46.5 Å². The number of nitrogens with zero attached hydrogens (tertiary/aromatic N) is 1. The lowest BCUT2D eigenvalue weighted by atomic mass is 10.3. The molecule has 1 aliphatic carbocycles. The second-order valence-corrected chi connectivity index (χ2v) is 2.17. The molecule has 1 aliphatic rings. The largest absolute Gasteiger partial charge is 0.290 e. The lowest BCUT2D eigenvalue weighted by Gasteiger charge is -1.80. The highest BCUT2D eigenvalue weighted by Gasteiger charge is 2.41. The number of amides is 1. The minimum atomic E-state index is -0.528. The minimum Gasteiger partial charge on any atom is -0.269 e. The van der Waals surface area contributed by atoms with Crippen LogP contribution in [-0.4, -0.2) is 5.91 Å². The molecule has 1 rings (SSSR count). The molecule has 3 nitrogen and oxygen atoms in total. The Morgan fingerprint density at radius 3 is 2.78 bits per heavy atom. The first kappa shape index (κ1) is 6.13. The molecule has 3 heteroatoms. The van der Waals surface area contributed by atoms with Crippen molar-refractivity contribution in [3.8, 4) is 0 Å². The maximum Gasteiger partial charge on any atom is 0.290 e. The summed E-state index contributed by atoms with van der Waals surface area (Å²) in [6.07, 6.45) is 2.45.